The Labute approximate surface area is 124 Å². The highest BCUT2D eigenvalue weighted by molar-refractivity contribution is 9.10. The number of sulfonamides is 1. The highest BCUT2D eigenvalue weighted by Crippen LogP contribution is 2.34. The molecular weight excluding hydrogens is 346 g/mol. The molecule has 3 rings (SSSR count). The predicted molar refractivity (Wildman–Crippen MR) is 77.5 cm³/mol. The van der Waals surface area contributed by atoms with E-state index in [2.05, 4.69) is 20.7 Å². The molecule has 0 radical (unpaired) electrons. The molecule has 1 aliphatic rings. The van der Waals surface area contributed by atoms with Gasteiger partial charge in [-0.15, -0.1) is 0 Å². The summed E-state index contributed by atoms with van der Waals surface area (Å²) in [5.41, 5.74) is 0.428. The third kappa shape index (κ3) is 2.59. The first-order chi connectivity index (χ1) is 9.54. The zero-order valence-electron chi connectivity index (χ0n) is 10.2. The first-order valence-corrected chi connectivity index (χ1v) is 8.00. The first kappa shape index (κ1) is 13.3. The lowest BCUT2D eigenvalue weighted by Crippen LogP contribution is -2.12. The van der Waals surface area contributed by atoms with Crippen molar-refractivity contribution in [3.63, 3.8) is 0 Å². The average molecular weight is 356 g/mol. The first-order valence-electron chi connectivity index (χ1n) is 5.73. The van der Waals surface area contributed by atoms with Crippen molar-refractivity contribution in [3.05, 3.63) is 46.9 Å². The number of halogens is 1. The second-order valence-corrected chi connectivity index (χ2v) is 6.73. The molecule has 0 amide bonds. The summed E-state index contributed by atoms with van der Waals surface area (Å²) in [5.74, 6) is 1.14. The van der Waals surface area contributed by atoms with Gasteiger partial charge in [0, 0.05) is 10.5 Å². The minimum Gasteiger partial charge on any atom is -0.454 e. The van der Waals surface area contributed by atoms with Gasteiger partial charge in [0.2, 0.25) is 6.79 Å². The molecule has 0 aromatic heterocycles. The fraction of sp³-hybridized carbons (Fsp3) is 0.0769. The largest absolute Gasteiger partial charge is 0.454 e. The highest BCUT2D eigenvalue weighted by Gasteiger charge is 2.17. The van der Waals surface area contributed by atoms with E-state index >= 15 is 0 Å². The van der Waals surface area contributed by atoms with E-state index in [4.69, 9.17) is 9.47 Å². The summed E-state index contributed by atoms with van der Waals surface area (Å²) in [5, 5.41) is 0. The highest BCUT2D eigenvalue weighted by atomic mass is 79.9. The summed E-state index contributed by atoms with van der Waals surface area (Å²) in [6.45, 7) is 0.151. The maximum absolute atomic E-state index is 12.2. The van der Waals surface area contributed by atoms with Crippen LogP contribution in [0, 0.1) is 0 Å². The van der Waals surface area contributed by atoms with Gasteiger partial charge in [-0.3, -0.25) is 4.72 Å². The van der Waals surface area contributed by atoms with Crippen molar-refractivity contribution in [2.75, 3.05) is 11.5 Å². The maximum Gasteiger partial charge on any atom is 0.261 e. The summed E-state index contributed by atoms with van der Waals surface area (Å²) in [4.78, 5) is 0.193. The summed E-state index contributed by atoms with van der Waals surface area (Å²) in [6, 6.07) is 11.3. The SMILES string of the molecule is O=S(=O)(Nc1ccc2c(c1)OCO2)c1ccc(Br)cc1. The normalized spacial score (nSPS) is 13.2. The van der Waals surface area contributed by atoms with E-state index in [-0.39, 0.29) is 11.7 Å². The molecule has 7 heteroatoms. The van der Waals surface area contributed by atoms with Crippen LogP contribution in [0.5, 0.6) is 11.5 Å². The summed E-state index contributed by atoms with van der Waals surface area (Å²) >= 11 is 3.27. The van der Waals surface area contributed by atoms with Crippen molar-refractivity contribution < 1.29 is 17.9 Å². The van der Waals surface area contributed by atoms with Gasteiger partial charge in [0.05, 0.1) is 10.6 Å². The van der Waals surface area contributed by atoms with Crippen LogP contribution in [0.2, 0.25) is 0 Å². The number of nitrogens with one attached hydrogen (secondary N) is 1. The van der Waals surface area contributed by atoms with Crippen LogP contribution in [0.4, 0.5) is 5.69 Å². The molecule has 1 N–H and O–H groups in total. The molecule has 0 saturated carbocycles. The maximum atomic E-state index is 12.2. The van der Waals surface area contributed by atoms with E-state index < -0.39 is 10.0 Å². The van der Waals surface area contributed by atoms with Gasteiger partial charge < -0.3 is 9.47 Å². The van der Waals surface area contributed by atoms with Gasteiger partial charge in [-0.2, -0.15) is 0 Å². The summed E-state index contributed by atoms with van der Waals surface area (Å²) in [7, 11) is -3.61. The van der Waals surface area contributed by atoms with Crippen molar-refractivity contribution >= 4 is 31.6 Å². The number of fused-ring (bicyclic) bond motifs is 1. The molecule has 0 bridgehead atoms. The Kier molecular flexibility index (Phi) is 3.31. The Morgan fingerprint density at radius 3 is 2.45 bits per heavy atom. The molecule has 5 nitrogen and oxygen atoms in total. The lowest BCUT2D eigenvalue weighted by molar-refractivity contribution is 0.174. The standard InChI is InChI=1S/C13H10BrNO4S/c14-9-1-4-11(5-2-9)20(16,17)15-10-3-6-12-13(7-10)19-8-18-12/h1-7,15H,8H2. The molecule has 104 valence electrons. The van der Waals surface area contributed by atoms with E-state index in [1.54, 1.807) is 30.3 Å². The second kappa shape index (κ2) is 4.99. The molecule has 0 spiro atoms. The fourth-order valence-corrected chi connectivity index (χ4v) is 3.10. The summed E-state index contributed by atoms with van der Waals surface area (Å²) in [6.07, 6.45) is 0. The zero-order valence-corrected chi connectivity index (χ0v) is 12.6. The third-order valence-corrected chi connectivity index (χ3v) is 4.67. The Morgan fingerprint density at radius 2 is 1.70 bits per heavy atom. The summed E-state index contributed by atoms with van der Waals surface area (Å²) < 4.78 is 38.1. The van der Waals surface area contributed by atoms with Crippen LogP contribution in [0.3, 0.4) is 0 Å². The molecule has 0 saturated heterocycles. The fourth-order valence-electron chi connectivity index (χ4n) is 1.79. The second-order valence-electron chi connectivity index (χ2n) is 4.13. The van der Waals surface area contributed by atoms with E-state index in [0.29, 0.717) is 17.2 Å². The van der Waals surface area contributed by atoms with Gasteiger partial charge in [-0.25, -0.2) is 8.42 Å². The molecular formula is C13H10BrNO4S. The Balaban J connectivity index is 1.88. The topological polar surface area (TPSA) is 64.6 Å². The van der Waals surface area contributed by atoms with Gasteiger partial charge in [-0.1, -0.05) is 15.9 Å². The number of anilines is 1. The Bertz CT molecular complexity index is 743. The molecule has 0 fully saturated rings. The zero-order chi connectivity index (χ0) is 14.2. The van der Waals surface area contributed by atoms with Crippen LogP contribution in [0.25, 0.3) is 0 Å². The van der Waals surface area contributed by atoms with Crippen LogP contribution >= 0.6 is 15.9 Å². The number of ether oxygens (including phenoxy) is 2. The van der Waals surface area contributed by atoms with Gasteiger partial charge in [-0.05, 0) is 36.4 Å². The minimum atomic E-state index is -3.61. The van der Waals surface area contributed by atoms with E-state index in [9.17, 15) is 8.42 Å². The van der Waals surface area contributed by atoms with Crippen LogP contribution in [-0.4, -0.2) is 15.2 Å². The molecule has 20 heavy (non-hydrogen) atoms. The molecule has 2 aromatic carbocycles. The van der Waals surface area contributed by atoms with Crippen molar-refractivity contribution in [1.29, 1.82) is 0 Å². The molecule has 1 heterocycles. The van der Waals surface area contributed by atoms with Crippen LogP contribution in [-0.2, 0) is 10.0 Å². The number of rotatable bonds is 3. The number of hydrogen-bond donors (Lipinski definition) is 1. The van der Waals surface area contributed by atoms with E-state index in [1.165, 1.54) is 12.1 Å². The molecule has 2 aromatic rings. The number of benzene rings is 2. The van der Waals surface area contributed by atoms with Gasteiger partial charge in [0.25, 0.3) is 10.0 Å². The molecule has 0 aliphatic carbocycles. The smallest absolute Gasteiger partial charge is 0.261 e. The van der Waals surface area contributed by atoms with Crippen molar-refractivity contribution in [2.24, 2.45) is 0 Å². The van der Waals surface area contributed by atoms with Gasteiger partial charge >= 0.3 is 0 Å². The van der Waals surface area contributed by atoms with Crippen LogP contribution < -0.4 is 14.2 Å². The molecule has 0 unspecified atom stereocenters. The van der Waals surface area contributed by atoms with Crippen LogP contribution in [0.15, 0.2) is 51.8 Å². The van der Waals surface area contributed by atoms with Gasteiger partial charge in [0.15, 0.2) is 11.5 Å². The monoisotopic (exact) mass is 355 g/mol. The quantitative estimate of drug-likeness (QED) is 0.918. The Morgan fingerprint density at radius 1 is 1.00 bits per heavy atom. The lowest BCUT2D eigenvalue weighted by atomic mass is 10.3. The molecule has 1 aliphatic heterocycles. The Hall–Kier alpha value is -1.73. The third-order valence-electron chi connectivity index (χ3n) is 2.75. The van der Waals surface area contributed by atoms with Crippen molar-refractivity contribution in [3.8, 4) is 11.5 Å². The van der Waals surface area contributed by atoms with Gasteiger partial charge in [0.1, 0.15) is 0 Å². The lowest BCUT2D eigenvalue weighted by Gasteiger charge is -2.08. The molecule has 0 atom stereocenters. The van der Waals surface area contributed by atoms with E-state index in [0.717, 1.165) is 4.47 Å². The van der Waals surface area contributed by atoms with E-state index in [1.807, 2.05) is 0 Å². The van der Waals surface area contributed by atoms with Crippen molar-refractivity contribution in [1.82, 2.24) is 0 Å². The number of hydrogen-bond acceptors (Lipinski definition) is 4. The minimum absolute atomic E-state index is 0.151. The predicted octanol–water partition coefficient (Wildman–Crippen LogP) is 2.98. The van der Waals surface area contributed by atoms with Crippen molar-refractivity contribution in [2.45, 2.75) is 4.90 Å². The van der Waals surface area contributed by atoms with Crippen LogP contribution in [0.1, 0.15) is 0 Å². The average Bonchev–Trinajstić information content (AvgIpc) is 2.86.